The quantitative estimate of drug-likeness (QED) is 0.472. The average Bonchev–Trinajstić information content (AvgIpc) is 3.37. The Morgan fingerprint density at radius 2 is 1.66 bits per heavy atom. The van der Waals surface area contributed by atoms with Gasteiger partial charge in [0.2, 0.25) is 0 Å². The lowest BCUT2D eigenvalue weighted by atomic mass is 10.1. The molecule has 1 aliphatic rings. The molecule has 0 saturated carbocycles. The Bertz CT molecular complexity index is 980. The summed E-state index contributed by atoms with van der Waals surface area (Å²) in [6.07, 6.45) is 2.30. The van der Waals surface area contributed by atoms with Crippen LogP contribution in [0.5, 0.6) is 11.5 Å². The van der Waals surface area contributed by atoms with Crippen molar-refractivity contribution in [2.45, 2.75) is 38.4 Å². The van der Waals surface area contributed by atoms with Gasteiger partial charge >= 0.3 is 0 Å². The maximum Gasteiger partial charge on any atom is 0.265 e. The molecule has 0 spiro atoms. The summed E-state index contributed by atoms with van der Waals surface area (Å²) in [5.41, 5.74) is 2.96. The number of benzene rings is 3. The lowest BCUT2D eigenvalue weighted by molar-refractivity contribution is -0.122. The zero-order valence-electron chi connectivity index (χ0n) is 18.3. The minimum Gasteiger partial charge on any atom is -0.491 e. The minimum absolute atomic E-state index is 0.173. The maximum atomic E-state index is 12.7. The van der Waals surface area contributed by atoms with Crippen molar-refractivity contribution in [1.82, 2.24) is 0 Å². The van der Waals surface area contributed by atoms with Crippen LogP contribution in [-0.4, -0.2) is 31.3 Å². The van der Waals surface area contributed by atoms with Gasteiger partial charge in [0.05, 0.1) is 6.10 Å². The topological polar surface area (TPSA) is 56.8 Å². The third kappa shape index (κ3) is 5.89. The van der Waals surface area contributed by atoms with Gasteiger partial charge in [-0.2, -0.15) is 0 Å². The second-order valence-corrected chi connectivity index (χ2v) is 7.86. The molecule has 0 aromatic heterocycles. The van der Waals surface area contributed by atoms with Crippen molar-refractivity contribution in [3.8, 4) is 22.6 Å². The van der Waals surface area contributed by atoms with E-state index in [1.807, 2.05) is 73.7 Å². The molecule has 1 heterocycles. The molecule has 2 atom stereocenters. The van der Waals surface area contributed by atoms with E-state index < -0.39 is 6.10 Å². The molecule has 1 fully saturated rings. The monoisotopic (exact) mass is 431 g/mol. The van der Waals surface area contributed by atoms with E-state index in [-0.39, 0.29) is 12.0 Å². The molecule has 2 unspecified atom stereocenters. The summed E-state index contributed by atoms with van der Waals surface area (Å²) >= 11 is 0. The summed E-state index contributed by atoms with van der Waals surface area (Å²) in [7, 11) is 0. The van der Waals surface area contributed by atoms with E-state index in [0.717, 1.165) is 36.3 Å². The van der Waals surface area contributed by atoms with Crippen molar-refractivity contribution in [3.05, 3.63) is 78.9 Å². The summed E-state index contributed by atoms with van der Waals surface area (Å²) in [4.78, 5) is 12.7. The van der Waals surface area contributed by atoms with Crippen LogP contribution >= 0.6 is 0 Å². The summed E-state index contributed by atoms with van der Waals surface area (Å²) in [6, 6.07) is 25.4. The Balaban J connectivity index is 1.30. The molecule has 0 bridgehead atoms. The van der Waals surface area contributed by atoms with Crippen LogP contribution in [0.1, 0.15) is 26.2 Å². The fourth-order valence-electron chi connectivity index (χ4n) is 3.67. The van der Waals surface area contributed by atoms with Crippen molar-refractivity contribution in [2.24, 2.45) is 0 Å². The largest absolute Gasteiger partial charge is 0.491 e. The van der Waals surface area contributed by atoms with Crippen LogP contribution in [-0.2, 0) is 9.53 Å². The van der Waals surface area contributed by atoms with Crippen LogP contribution in [0.25, 0.3) is 11.1 Å². The maximum absolute atomic E-state index is 12.7. The van der Waals surface area contributed by atoms with Crippen LogP contribution in [0.15, 0.2) is 78.9 Å². The normalized spacial score (nSPS) is 16.3. The third-order valence-electron chi connectivity index (χ3n) is 5.48. The van der Waals surface area contributed by atoms with Gasteiger partial charge in [-0.3, -0.25) is 4.79 Å². The smallest absolute Gasteiger partial charge is 0.265 e. The van der Waals surface area contributed by atoms with Gasteiger partial charge in [0.15, 0.2) is 6.10 Å². The highest BCUT2D eigenvalue weighted by atomic mass is 16.5. The lowest BCUT2D eigenvalue weighted by Gasteiger charge is -2.18. The lowest BCUT2D eigenvalue weighted by Crippen LogP contribution is -2.32. The number of carbonyl (C=O) groups excluding carboxylic acids is 1. The molecular weight excluding hydrogens is 402 g/mol. The molecule has 1 saturated heterocycles. The van der Waals surface area contributed by atoms with Gasteiger partial charge < -0.3 is 19.5 Å². The highest BCUT2D eigenvalue weighted by molar-refractivity contribution is 5.94. The molecular formula is C27H29NO4. The number of amides is 1. The molecule has 5 nitrogen and oxygen atoms in total. The zero-order chi connectivity index (χ0) is 22.2. The Morgan fingerprint density at radius 3 is 2.31 bits per heavy atom. The minimum atomic E-state index is -0.576. The fourth-order valence-corrected chi connectivity index (χ4v) is 3.67. The Labute approximate surface area is 189 Å². The van der Waals surface area contributed by atoms with Crippen LogP contribution in [0, 0.1) is 0 Å². The highest BCUT2D eigenvalue weighted by Gasteiger charge is 2.19. The van der Waals surface area contributed by atoms with Crippen LogP contribution in [0.4, 0.5) is 5.69 Å². The number of anilines is 1. The van der Waals surface area contributed by atoms with Gasteiger partial charge in [-0.1, -0.05) is 49.4 Å². The van der Waals surface area contributed by atoms with Crippen LogP contribution in [0.2, 0.25) is 0 Å². The molecule has 166 valence electrons. The van der Waals surface area contributed by atoms with E-state index in [1.54, 1.807) is 0 Å². The molecule has 32 heavy (non-hydrogen) atoms. The summed E-state index contributed by atoms with van der Waals surface area (Å²) in [5, 5.41) is 2.93. The molecule has 4 rings (SSSR count). The second kappa shape index (κ2) is 10.8. The Kier molecular flexibility index (Phi) is 7.41. The van der Waals surface area contributed by atoms with Gasteiger partial charge in [0, 0.05) is 12.3 Å². The summed E-state index contributed by atoms with van der Waals surface area (Å²) in [5.74, 6) is 1.26. The first-order chi connectivity index (χ1) is 15.7. The van der Waals surface area contributed by atoms with Crippen molar-refractivity contribution < 1.29 is 19.0 Å². The molecule has 3 aromatic carbocycles. The number of rotatable bonds is 9. The fraction of sp³-hybridized carbons (Fsp3) is 0.296. The number of nitrogens with one attached hydrogen (secondary N) is 1. The molecule has 0 radical (unpaired) electrons. The first-order valence-corrected chi connectivity index (χ1v) is 11.2. The van der Waals surface area contributed by atoms with Crippen molar-refractivity contribution >= 4 is 11.6 Å². The van der Waals surface area contributed by atoms with E-state index >= 15 is 0 Å². The molecule has 1 aliphatic heterocycles. The van der Waals surface area contributed by atoms with Crippen molar-refractivity contribution in [3.63, 3.8) is 0 Å². The Hall–Kier alpha value is -3.31. The van der Waals surface area contributed by atoms with Gasteiger partial charge in [0.25, 0.3) is 5.91 Å². The van der Waals surface area contributed by atoms with Gasteiger partial charge in [-0.05, 0) is 66.8 Å². The van der Waals surface area contributed by atoms with E-state index in [1.165, 1.54) is 0 Å². The molecule has 1 N–H and O–H groups in total. The SMILES string of the molecule is CCC(Oc1ccc(-c2ccccc2)cc1)C(=O)Nc1ccc(OCC2CCCO2)cc1. The van der Waals surface area contributed by atoms with Gasteiger partial charge in [-0.15, -0.1) is 0 Å². The predicted molar refractivity (Wildman–Crippen MR) is 126 cm³/mol. The first kappa shape index (κ1) is 21.9. The highest BCUT2D eigenvalue weighted by Crippen LogP contribution is 2.24. The van der Waals surface area contributed by atoms with Gasteiger partial charge in [-0.25, -0.2) is 0 Å². The third-order valence-corrected chi connectivity index (χ3v) is 5.48. The van der Waals surface area contributed by atoms with E-state index in [0.29, 0.717) is 24.5 Å². The first-order valence-electron chi connectivity index (χ1n) is 11.2. The Morgan fingerprint density at radius 1 is 0.969 bits per heavy atom. The standard InChI is InChI=1S/C27H29NO4/c1-2-26(32-24-14-10-21(11-15-24)20-7-4-3-5-8-20)27(29)28-22-12-16-23(17-13-22)31-19-25-9-6-18-30-25/h3-5,7-8,10-17,25-26H,2,6,9,18-19H2,1H3,(H,28,29). The number of ether oxygens (including phenoxy) is 3. The number of hydrogen-bond donors (Lipinski definition) is 1. The van der Waals surface area contributed by atoms with Crippen molar-refractivity contribution in [2.75, 3.05) is 18.5 Å². The van der Waals surface area contributed by atoms with Crippen molar-refractivity contribution in [1.29, 1.82) is 0 Å². The van der Waals surface area contributed by atoms with E-state index in [4.69, 9.17) is 14.2 Å². The molecule has 5 heteroatoms. The number of carbonyl (C=O) groups is 1. The van der Waals surface area contributed by atoms with Gasteiger partial charge in [0.1, 0.15) is 18.1 Å². The zero-order valence-corrected chi connectivity index (χ0v) is 18.3. The van der Waals surface area contributed by atoms with E-state index in [2.05, 4.69) is 17.4 Å². The van der Waals surface area contributed by atoms with E-state index in [9.17, 15) is 4.79 Å². The molecule has 0 aliphatic carbocycles. The van der Waals surface area contributed by atoms with Crippen LogP contribution in [0.3, 0.4) is 0 Å². The predicted octanol–water partition coefficient (Wildman–Crippen LogP) is 5.71. The average molecular weight is 432 g/mol. The molecule has 1 amide bonds. The summed E-state index contributed by atoms with van der Waals surface area (Å²) in [6.45, 7) is 3.31. The van der Waals surface area contributed by atoms with Crippen LogP contribution < -0.4 is 14.8 Å². The molecule has 3 aromatic rings. The second-order valence-electron chi connectivity index (χ2n) is 7.86. The number of hydrogen-bond acceptors (Lipinski definition) is 4. The summed E-state index contributed by atoms with van der Waals surface area (Å²) < 4.78 is 17.3.